The summed E-state index contributed by atoms with van der Waals surface area (Å²) in [6, 6.07) is 0. The number of hydrogen-bond donors (Lipinski definition) is 1. The van der Waals surface area contributed by atoms with Gasteiger partial charge in [-0.05, 0) is 25.2 Å². The minimum atomic E-state index is -0.520. The van der Waals surface area contributed by atoms with Crippen LogP contribution in [-0.4, -0.2) is 30.9 Å². The Hall–Kier alpha value is -0.610. The van der Waals surface area contributed by atoms with Gasteiger partial charge in [-0.25, -0.2) is 0 Å². The Kier molecular flexibility index (Phi) is 4.78. The highest BCUT2D eigenvalue weighted by Gasteiger charge is 2.32. The van der Waals surface area contributed by atoms with E-state index in [0.29, 0.717) is 25.5 Å². The van der Waals surface area contributed by atoms with Crippen LogP contribution in [0.25, 0.3) is 0 Å². The van der Waals surface area contributed by atoms with Crippen molar-refractivity contribution in [1.29, 1.82) is 0 Å². The fourth-order valence-electron chi connectivity index (χ4n) is 1.75. The Morgan fingerprint density at radius 2 is 2.06 bits per heavy atom. The van der Waals surface area contributed by atoms with Crippen LogP contribution in [0.3, 0.4) is 0 Å². The number of nitrogens with one attached hydrogen (secondary N) is 1. The van der Waals surface area contributed by atoms with Crippen molar-refractivity contribution in [2.24, 2.45) is 11.3 Å². The second-order valence-corrected chi connectivity index (χ2v) is 6.73. The molecule has 4 heteroatoms. The molecule has 1 saturated heterocycles. The van der Waals surface area contributed by atoms with Crippen molar-refractivity contribution in [2.75, 3.05) is 13.2 Å². The van der Waals surface area contributed by atoms with E-state index in [1.54, 1.807) is 0 Å². The SMILES string of the molecule is CC(CC(=O)NCC1COC(C)(C)O1)C(C)(C)C. The molecule has 2 unspecified atom stereocenters. The van der Waals surface area contributed by atoms with E-state index in [1.165, 1.54) is 0 Å². The summed E-state index contributed by atoms with van der Waals surface area (Å²) in [7, 11) is 0. The molecule has 0 bridgehead atoms. The summed E-state index contributed by atoms with van der Waals surface area (Å²) in [6.45, 7) is 13.4. The zero-order chi connectivity index (χ0) is 14.0. The third-order valence-electron chi connectivity index (χ3n) is 3.56. The lowest BCUT2D eigenvalue weighted by Crippen LogP contribution is -2.36. The first kappa shape index (κ1) is 15.4. The van der Waals surface area contributed by atoms with Crippen LogP contribution in [0.15, 0.2) is 0 Å². The summed E-state index contributed by atoms with van der Waals surface area (Å²) in [5.41, 5.74) is 0.159. The molecule has 0 aromatic heterocycles. The quantitative estimate of drug-likeness (QED) is 0.841. The van der Waals surface area contributed by atoms with Gasteiger partial charge in [0.05, 0.1) is 6.61 Å². The summed E-state index contributed by atoms with van der Waals surface area (Å²) >= 11 is 0. The average Bonchev–Trinajstić information content (AvgIpc) is 2.54. The maximum atomic E-state index is 11.8. The van der Waals surface area contributed by atoms with Gasteiger partial charge >= 0.3 is 0 Å². The maximum absolute atomic E-state index is 11.8. The van der Waals surface area contributed by atoms with E-state index in [0.717, 1.165) is 0 Å². The van der Waals surface area contributed by atoms with Crippen LogP contribution < -0.4 is 5.32 Å². The van der Waals surface area contributed by atoms with Crippen LogP contribution in [0.1, 0.15) is 48.0 Å². The minimum Gasteiger partial charge on any atom is -0.353 e. The van der Waals surface area contributed by atoms with Gasteiger partial charge in [-0.3, -0.25) is 4.79 Å². The topological polar surface area (TPSA) is 47.6 Å². The molecule has 0 radical (unpaired) electrons. The fraction of sp³-hybridized carbons (Fsp3) is 0.929. The second kappa shape index (κ2) is 5.57. The number of rotatable bonds is 4. The van der Waals surface area contributed by atoms with Gasteiger partial charge in [0.25, 0.3) is 0 Å². The molecule has 2 atom stereocenters. The van der Waals surface area contributed by atoms with Gasteiger partial charge in [-0.2, -0.15) is 0 Å². The average molecular weight is 257 g/mol. The zero-order valence-electron chi connectivity index (χ0n) is 12.5. The Balaban J connectivity index is 2.26. The Morgan fingerprint density at radius 1 is 1.44 bits per heavy atom. The standard InChI is InChI=1S/C14H27NO3/c1-10(13(2,3)4)7-12(16)15-8-11-9-17-14(5,6)18-11/h10-11H,7-9H2,1-6H3,(H,15,16). The number of ether oxygens (including phenoxy) is 2. The van der Waals surface area contributed by atoms with Gasteiger partial charge in [0.2, 0.25) is 5.91 Å². The summed E-state index contributed by atoms with van der Waals surface area (Å²) in [6.07, 6.45) is 0.523. The minimum absolute atomic E-state index is 0.0334. The van der Waals surface area contributed by atoms with Gasteiger partial charge in [0.15, 0.2) is 5.79 Å². The van der Waals surface area contributed by atoms with Crippen LogP contribution >= 0.6 is 0 Å². The lowest BCUT2D eigenvalue weighted by Gasteiger charge is -2.26. The summed E-state index contributed by atoms with van der Waals surface area (Å²) in [4.78, 5) is 11.8. The Labute approximate surface area is 110 Å². The summed E-state index contributed by atoms with van der Waals surface area (Å²) < 4.78 is 11.1. The van der Waals surface area contributed by atoms with Crippen molar-refractivity contribution in [3.63, 3.8) is 0 Å². The van der Waals surface area contributed by atoms with Crippen LogP contribution in [0.5, 0.6) is 0 Å². The molecule has 1 N–H and O–H groups in total. The first-order valence-corrected chi connectivity index (χ1v) is 6.68. The first-order valence-electron chi connectivity index (χ1n) is 6.68. The highest BCUT2D eigenvalue weighted by Crippen LogP contribution is 2.28. The van der Waals surface area contributed by atoms with Crippen LogP contribution in [0, 0.1) is 11.3 Å². The lowest BCUT2D eigenvalue weighted by molar-refractivity contribution is -0.139. The highest BCUT2D eigenvalue weighted by molar-refractivity contribution is 5.76. The van der Waals surface area contributed by atoms with Gasteiger partial charge in [-0.1, -0.05) is 27.7 Å². The summed E-state index contributed by atoms with van der Waals surface area (Å²) in [5, 5.41) is 2.92. The predicted octanol–water partition coefficient (Wildman–Crippen LogP) is 2.33. The second-order valence-electron chi connectivity index (χ2n) is 6.73. The van der Waals surface area contributed by atoms with Crippen LogP contribution in [-0.2, 0) is 14.3 Å². The van der Waals surface area contributed by atoms with E-state index in [2.05, 4.69) is 33.0 Å². The Morgan fingerprint density at radius 3 is 2.50 bits per heavy atom. The van der Waals surface area contributed by atoms with E-state index >= 15 is 0 Å². The predicted molar refractivity (Wildman–Crippen MR) is 71.1 cm³/mol. The highest BCUT2D eigenvalue weighted by atomic mass is 16.7. The normalized spacial score (nSPS) is 24.9. The van der Waals surface area contributed by atoms with Crippen LogP contribution in [0.2, 0.25) is 0 Å². The molecule has 1 fully saturated rings. The molecule has 0 aliphatic carbocycles. The van der Waals surface area contributed by atoms with Gasteiger partial charge in [0.1, 0.15) is 6.10 Å². The molecule has 0 saturated carbocycles. The largest absolute Gasteiger partial charge is 0.353 e. The molecule has 1 aliphatic heterocycles. The number of carbonyl (C=O) groups is 1. The molecule has 1 aliphatic rings. The molecule has 0 aromatic rings. The maximum Gasteiger partial charge on any atom is 0.220 e. The van der Waals surface area contributed by atoms with Crippen molar-refractivity contribution in [3.05, 3.63) is 0 Å². The van der Waals surface area contributed by atoms with Crippen molar-refractivity contribution >= 4 is 5.91 Å². The molecule has 0 aromatic carbocycles. The zero-order valence-corrected chi connectivity index (χ0v) is 12.5. The van der Waals surface area contributed by atoms with Gasteiger partial charge < -0.3 is 14.8 Å². The monoisotopic (exact) mass is 257 g/mol. The van der Waals surface area contributed by atoms with E-state index < -0.39 is 5.79 Å². The molecular formula is C14H27NO3. The molecule has 1 amide bonds. The van der Waals surface area contributed by atoms with E-state index in [4.69, 9.17) is 9.47 Å². The van der Waals surface area contributed by atoms with E-state index in [-0.39, 0.29) is 17.4 Å². The third kappa shape index (κ3) is 4.94. The third-order valence-corrected chi connectivity index (χ3v) is 3.56. The van der Waals surface area contributed by atoms with Crippen LogP contribution in [0.4, 0.5) is 0 Å². The van der Waals surface area contributed by atoms with Crippen molar-refractivity contribution in [1.82, 2.24) is 5.32 Å². The molecule has 4 nitrogen and oxygen atoms in total. The molecule has 1 heterocycles. The molecule has 106 valence electrons. The fourth-order valence-corrected chi connectivity index (χ4v) is 1.75. The number of carbonyl (C=O) groups excluding carboxylic acids is 1. The van der Waals surface area contributed by atoms with Crippen molar-refractivity contribution < 1.29 is 14.3 Å². The van der Waals surface area contributed by atoms with Gasteiger partial charge in [0, 0.05) is 13.0 Å². The number of hydrogen-bond acceptors (Lipinski definition) is 3. The molecule has 0 spiro atoms. The molecule has 18 heavy (non-hydrogen) atoms. The smallest absolute Gasteiger partial charge is 0.220 e. The van der Waals surface area contributed by atoms with Crippen molar-refractivity contribution in [2.45, 2.75) is 59.9 Å². The van der Waals surface area contributed by atoms with Gasteiger partial charge in [-0.15, -0.1) is 0 Å². The number of amides is 1. The summed E-state index contributed by atoms with van der Waals surface area (Å²) in [5.74, 6) is -0.0749. The van der Waals surface area contributed by atoms with Crippen molar-refractivity contribution in [3.8, 4) is 0 Å². The first-order chi connectivity index (χ1) is 8.10. The van der Waals surface area contributed by atoms with E-state index in [9.17, 15) is 4.79 Å². The lowest BCUT2D eigenvalue weighted by atomic mass is 9.80. The molecule has 1 rings (SSSR count). The Bertz CT molecular complexity index is 294. The molecular weight excluding hydrogens is 230 g/mol. The van der Waals surface area contributed by atoms with E-state index in [1.807, 2.05) is 13.8 Å².